The van der Waals surface area contributed by atoms with Gasteiger partial charge in [0.1, 0.15) is 5.52 Å². The van der Waals surface area contributed by atoms with Gasteiger partial charge >= 0.3 is 0 Å². The predicted octanol–water partition coefficient (Wildman–Crippen LogP) is 1.06. The fourth-order valence-corrected chi connectivity index (χ4v) is 1.78. The molecule has 9 nitrogen and oxygen atoms in total. The van der Waals surface area contributed by atoms with Crippen molar-refractivity contribution in [1.29, 1.82) is 0 Å². The monoisotopic (exact) mass is 318 g/mol. The second-order valence-electron chi connectivity index (χ2n) is 4.58. The lowest BCUT2D eigenvalue weighted by molar-refractivity contribution is -0.134. The van der Waals surface area contributed by atoms with Gasteiger partial charge in [-0.1, -0.05) is 13.8 Å². The van der Waals surface area contributed by atoms with E-state index in [1.54, 1.807) is 13.8 Å². The van der Waals surface area contributed by atoms with Gasteiger partial charge in [0.25, 0.3) is 11.8 Å². The van der Waals surface area contributed by atoms with E-state index in [0.717, 1.165) is 0 Å². The van der Waals surface area contributed by atoms with E-state index < -0.39 is 23.4 Å². The highest BCUT2D eigenvalue weighted by Crippen LogP contribution is 2.29. The summed E-state index contributed by atoms with van der Waals surface area (Å²) in [7, 11) is 0. The molecule has 0 radical (unpaired) electrons. The van der Waals surface area contributed by atoms with Crippen molar-refractivity contribution in [2.24, 2.45) is 0 Å². The van der Waals surface area contributed by atoms with E-state index in [0.29, 0.717) is 5.52 Å². The van der Waals surface area contributed by atoms with Crippen LogP contribution in [0.25, 0.3) is 11.0 Å². The molecule has 120 valence electrons. The number of nitrogens with zero attached hydrogens (tertiary/aromatic N) is 2. The van der Waals surface area contributed by atoms with Gasteiger partial charge < -0.3 is 10.6 Å². The van der Waals surface area contributed by atoms with Gasteiger partial charge in [0.05, 0.1) is 11.4 Å². The standard InChI is InChI=1S/C14H14N4O5/c1-3-9(19)13(21)15-7-5-6-8-12(18-23-17-8)11(7)16-14(22)10(20)4-2/h5-6H,3-4H2,1-2H3,(H,15,21)(H,16,22). The summed E-state index contributed by atoms with van der Waals surface area (Å²) in [4.78, 5) is 46.4. The van der Waals surface area contributed by atoms with Crippen molar-refractivity contribution in [3.05, 3.63) is 12.1 Å². The zero-order valence-corrected chi connectivity index (χ0v) is 12.5. The van der Waals surface area contributed by atoms with Gasteiger partial charge in [0, 0.05) is 12.8 Å². The Hall–Kier alpha value is -3.10. The summed E-state index contributed by atoms with van der Waals surface area (Å²) in [6.45, 7) is 3.10. The fraction of sp³-hybridized carbons (Fsp3) is 0.286. The van der Waals surface area contributed by atoms with Crippen LogP contribution in [0.3, 0.4) is 0 Å². The minimum atomic E-state index is -0.861. The van der Waals surface area contributed by atoms with Crippen molar-refractivity contribution in [3.63, 3.8) is 0 Å². The number of Topliss-reactive ketones (excluding diaryl/α,β-unsaturated/α-hetero) is 2. The normalized spacial score (nSPS) is 10.3. The number of hydrogen-bond acceptors (Lipinski definition) is 7. The number of ketones is 2. The first kappa shape index (κ1) is 16.3. The van der Waals surface area contributed by atoms with Gasteiger partial charge in [-0.05, 0) is 22.4 Å². The maximum atomic E-state index is 11.8. The van der Waals surface area contributed by atoms with Crippen LogP contribution in [-0.4, -0.2) is 33.7 Å². The van der Waals surface area contributed by atoms with Gasteiger partial charge in [-0.3, -0.25) is 19.2 Å². The van der Waals surface area contributed by atoms with Crippen molar-refractivity contribution in [2.45, 2.75) is 26.7 Å². The number of benzene rings is 1. The molecule has 0 atom stereocenters. The van der Waals surface area contributed by atoms with Crippen LogP contribution in [0, 0.1) is 0 Å². The molecule has 2 rings (SSSR count). The number of carbonyl (C=O) groups is 4. The minimum absolute atomic E-state index is 0.0227. The first-order chi connectivity index (χ1) is 11.0. The van der Waals surface area contributed by atoms with Crippen LogP contribution in [0.15, 0.2) is 16.8 Å². The van der Waals surface area contributed by atoms with E-state index in [2.05, 4.69) is 25.6 Å². The smallest absolute Gasteiger partial charge is 0.291 e. The molecule has 0 saturated carbocycles. The molecule has 1 heterocycles. The van der Waals surface area contributed by atoms with Gasteiger partial charge in [-0.25, -0.2) is 4.63 Å². The largest absolute Gasteiger partial charge is 0.318 e. The average molecular weight is 318 g/mol. The third kappa shape index (κ3) is 3.39. The van der Waals surface area contributed by atoms with Crippen LogP contribution in [0.1, 0.15) is 26.7 Å². The Balaban J connectivity index is 2.41. The summed E-state index contributed by atoms with van der Waals surface area (Å²) < 4.78 is 4.59. The van der Waals surface area contributed by atoms with Crippen molar-refractivity contribution in [1.82, 2.24) is 10.3 Å². The molecule has 2 N–H and O–H groups in total. The van der Waals surface area contributed by atoms with E-state index in [1.165, 1.54) is 12.1 Å². The number of anilines is 2. The molecule has 0 spiro atoms. The Morgan fingerprint density at radius 3 is 2.17 bits per heavy atom. The van der Waals surface area contributed by atoms with Crippen molar-refractivity contribution in [3.8, 4) is 0 Å². The first-order valence-corrected chi connectivity index (χ1v) is 6.91. The number of carbonyl (C=O) groups excluding carboxylic acids is 4. The molecular weight excluding hydrogens is 304 g/mol. The Bertz CT molecular complexity index is 796. The maximum absolute atomic E-state index is 11.8. The molecule has 1 aromatic heterocycles. The second-order valence-corrected chi connectivity index (χ2v) is 4.58. The summed E-state index contributed by atoms with van der Waals surface area (Å²) in [6, 6.07) is 2.93. The van der Waals surface area contributed by atoms with Crippen LogP contribution in [-0.2, 0) is 19.2 Å². The SMILES string of the molecule is CCC(=O)C(=O)Nc1ccc2nonc2c1NC(=O)C(=O)CC. The van der Waals surface area contributed by atoms with Crippen molar-refractivity contribution >= 4 is 45.8 Å². The lowest BCUT2D eigenvalue weighted by atomic mass is 10.2. The van der Waals surface area contributed by atoms with E-state index in [1.807, 2.05) is 0 Å². The van der Waals surface area contributed by atoms with Gasteiger partial charge in [0.2, 0.25) is 11.6 Å². The predicted molar refractivity (Wildman–Crippen MR) is 79.7 cm³/mol. The lowest BCUT2D eigenvalue weighted by Crippen LogP contribution is -2.25. The molecule has 2 aromatic rings. The molecule has 1 aromatic carbocycles. The molecule has 0 aliphatic carbocycles. The minimum Gasteiger partial charge on any atom is -0.318 e. The lowest BCUT2D eigenvalue weighted by Gasteiger charge is -2.11. The Labute approximate surface area is 130 Å². The highest BCUT2D eigenvalue weighted by molar-refractivity contribution is 6.43. The Kier molecular flexibility index (Phi) is 4.79. The molecule has 2 amide bonds. The van der Waals surface area contributed by atoms with Crippen molar-refractivity contribution in [2.75, 3.05) is 10.6 Å². The third-order valence-corrected chi connectivity index (χ3v) is 3.06. The zero-order chi connectivity index (χ0) is 17.0. The number of fused-ring (bicyclic) bond motifs is 1. The summed E-state index contributed by atoms with van der Waals surface area (Å²) in [6.07, 6.45) is 0.0600. The zero-order valence-electron chi connectivity index (χ0n) is 12.5. The summed E-state index contributed by atoms with van der Waals surface area (Å²) >= 11 is 0. The van der Waals surface area contributed by atoms with E-state index in [-0.39, 0.29) is 29.7 Å². The van der Waals surface area contributed by atoms with Gasteiger partial charge in [0.15, 0.2) is 5.52 Å². The highest BCUT2D eigenvalue weighted by Gasteiger charge is 2.20. The first-order valence-electron chi connectivity index (χ1n) is 6.91. The number of aromatic nitrogens is 2. The molecule has 0 saturated heterocycles. The molecule has 0 bridgehead atoms. The maximum Gasteiger partial charge on any atom is 0.291 e. The van der Waals surface area contributed by atoms with Crippen LogP contribution < -0.4 is 10.6 Å². The van der Waals surface area contributed by atoms with E-state index in [9.17, 15) is 19.2 Å². The highest BCUT2D eigenvalue weighted by atomic mass is 16.6. The topological polar surface area (TPSA) is 131 Å². The second kappa shape index (κ2) is 6.77. The molecule has 0 fully saturated rings. The molecule has 0 aliphatic rings. The van der Waals surface area contributed by atoms with Crippen LogP contribution in [0.4, 0.5) is 11.4 Å². The Morgan fingerprint density at radius 2 is 1.57 bits per heavy atom. The number of rotatable bonds is 6. The molecular formula is C14H14N4O5. The number of hydrogen-bond donors (Lipinski definition) is 2. The van der Waals surface area contributed by atoms with E-state index >= 15 is 0 Å². The van der Waals surface area contributed by atoms with Crippen LogP contribution in [0.5, 0.6) is 0 Å². The van der Waals surface area contributed by atoms with Crippen LogP contribution in [0.2, 0.25) is 0 Å². The number of nitrogens with one attached hydrogen (secondary N) is 2. The number of amides is 2. The molecule has 0 unspecified atom stereocenters. The fourth-order valence-electron chi connectivity index (χ4n) is 1.78. The van der Waals surface area contributed by atoms with Gasteiger partial charge in [-0.15, -0.1) is 0 Å². The summed E-state index contributed by atoms with van der Waals surface area (Å²) in [5, 5.41) is 12.0. The average Bonchev–Trinajstić information content (AvgIpc) is 3.03. The van der Waals surface area contributed by atoms with Gasteiger partial charge in [-0.2, -0.15) is 0 Å². The third-order valence-electron chi connectivity index (χ3n) is 3.06. The molecule has 9 heteroatoms. The summed E-state index contributed by atoms with van der Waals surface area (Å²) in [5.41, 5.74) is 0.651. The quantitative estimate of drug-likeness (QED) is 0.761. The summed E-state index contributed by atoms with van der Waals surface area (Å²) in [5.74, 6) is -2.95. The van der Waals surface area contributed by atoms with Crippen molar-refractivity contribution < 1.29 is 23.8 Å². The van der Waals surface area contributed by atoms with E-state index in [4.69, 9.17) is 0 Å². The molecule has 23 heavy (non-hydrogen) atoms. The Morgan fingerprint density at radius 1 is 0.957 bits per heavy atom. The van der Waals surface area contributed by atoms with Crippen LogP contribution >= 0.6 is 0 Å². The molecule has 0 aliphatic heterocycles.